The Morgan fingerprint density at radius 3 is 2.48 bits per heavy atom. The standard InChI is InChI=1S/C23H21N3O/c1-15-12-13-19-20(14-15)25-22(24-19)21(17-9-4-3-5-10-17)26-23(27)18-11-7-6-8-16(18)2/h3-14,21H,1-2H3,(H,24,25)(H,26,27). The molecule has 4 aromatic rings. The maximum absolute atomic E-state index is 12.9. The van der Waals surface area contributed by atoms with Crippen molar-refractivity contribution in [2.45, 2.75) is 19.9 Å². The van der Waals surface area contributed by atoms with Gasteiger partial charge < -0.3 is 10.3 Å². The van der Waals surface area contributed by atoms with Crippen molar-refractivity contribution in [1.29, 1.82) is 0 Å². The van der Waals surface area contributed by atoms with Crippen LogP contribution in [0.1, 0.15) is 38.9 Å². The van der Waals surface area contributed by atoms with Gasteiger partial charge in [0.2, 0.25) is 0 Å². The molecule has 3 aromatic carbocycles. The third kappa shape index (κ3) is 3.47. The average Bonchev–Trinajstić information content (AvgIpc) is 3.09. The number of benzene rings is 3. The fourth-order valence-electron chi connectivity index (χ4n) is 3.27. The van der Waals surface area contributed by atoms with Gasteiger partial charge in [-0.3, -0.25) is 4.79 Å². The van der Waals surface area contributed by atoms with Crippen LogP contribution >= 0.6 is 0 Å². The fraction of sp³-hybridized carbons (Fsp3) is 0.130. The van der Waals surface area contributed by atoms with Crippen molar-refractivity contribution in [1.82, 2.24) is 15.3 Å². The summed E-state index contributed by atoms with van der Waals surface area (Å²) < 4.78 is 0. The summed E-state index contributed by atoms with van der Waals surface area (Å²) in [6, 6.07) is 23.2. The summed E-state index contributed by atoms with van der Waals surface area (Å²) in [5.41, 5.74) is 5.62. The van der Waals surface area contributed by atoms with Crippen LogP contribution in [0, 0.1) is 13.8 Å². The summed E-state index contributed by atoms with van der Waals surface area (Å²) in [7, 11) is 0. The molecule has 0 saturated heterocycles. The molecule has 0 spiro atoms. The highest BCUT2D eigenvalue weighted by Crippen LogP contribution is 2.24. The van der Waals surface area contributed by atoms with Crippen molar-refractivity contribution in [2.75, 3.05) is 0 Å². The smallest absolute Gasteiger partial charge is 0.252 e. The molecule has 0 aliphatic carbocycles. The largest absolute Gasteiger partial charge is 0.340 e. The highest BCUT2D eigenvalue weighted by Gasteiger charge is 2.21. The van der Waals surface area contributed by atoms with E-state index in [0.717, 1.165) is 33.5 Å². The van der Waals surface area contributed by atoms with Crippen LogP contribution in [-0.2, 0) is 0 Å². The SMILES string of the molecule is Cc1ccc2nc(C(NC(=O)c3ccccc3C)c3ccccc3)[nH]c2c1. The van der Waals surface area contributed by atoms with Gasteiger partial charge in [-0.15, -0.1) is 0 Å². The summed E-state index contributed by atoms with van der Waals surface area (Å²) in [5, 5.41) is 3.15. The zero-order valence-corrected chi connectivity index (χ0v) is 15.4. The Balaban J connectivity index is 1.75. The number of hydrogen-bond donors (Lipinski definition) is 2. The van der Waals surface area contributed by atoms with Gasteiger partial charge in [0.25, 0.3) is 5.91 Å². The third-order valence-electron chi connectivity index (χ3n) is 4.73. The van der Waals surface area contributed by atoms with Crippen molar-refractivity contribution >= 4 is 16.9 Å². The van der Waals surface area contributed by atoms with Gasteiger partial charge in [-0.2, -0.15) is 0 Å². The molecule has 0 aliphatic rings. The Bertz CT molecular complexity index is 1100. The molecule has 0 aliphatic heterocycles. The normalized spacial score (nSPS) is 12.1. The number of aromatic amines is 1. The Morgan fingerprint density at radius 2 is 1.70 bits per heavy atom. The lowest BCUT2D eigenvalue weighted by atomic mass is 10.0. The molecule has 4 rings (SSSR count). The van der Waals surface area contributed by atoms with Crippen molar-refractivity contribution in [3.8, 4) is 0 Å². The van der Waals surface area contributed by atoms with Gasteiger partial charge in [0.05, 0.1) is 11.0 Å². The number of aromatic nitrogens is 2. The molecule has 4 heteroatoms. The molecule has 0 radical (unpaired) electrons. The molecule has 1 unspecified atom stereocenters. The van der Waals surface area contributed by atoms with Crippen molar-refractivity contribution < 1.29 is 4.79 Å². The second-order valence-electron chi connectivity index (χ2n) is 6.77. The van der Waals surface area contributed by atoms with Gasteiger partial charge in [0, 0.05) is 5.56 Å². The highest BCUT2D eigenvalue weighted by molar-refractivity contribution is 5.96. The molecule has 1 aromatic heterocycles. The fourth-order valence-corrected chi connectivity index (χ4v) is 3.27. The van der Waals surface area contributed by atoms with E-state index in [4.69, 9.17) is 4.98 Å². The summed E-state index contributed by atoms with van der Waals surface area (Å²) >= 11 is 0. The maximum Gasteiger partial charge on any atom is 0.252 e. The molecule has 1 heterocycles. The summed E-state index contributed by atoms with van der Waals surface area (Å²) in [6.45, 7) is 3.99. The number of hydrogen-bond acceptors (Lipinski definition) is 2. The van der Waals surface area contributed by atoms with Gasteiger partial charge in [0.15, 0.2) is 0 Å². The highest BCUT2D eigenvalue weighted by atomic mass is 16.1. The molecule has 4 nitrogen and oxygen atoms in total. The molecule has 1 amide bonds. The monoisotopic (exact) mass is 355 g/mol. The first kappa shape index (κ1) is 17.0. The van der Waals surface area contributed by atoms with Gasteiger partial charge in [0.1, 0.15) is 11.9 Å². The van der Waals surface area contributed by atoms with Crippen LogP contribution < -0.4 is 5.32 Å². The number of H-pyrrole nitrogens is 1. The van der Waals surface area contributed by atoms with Crippen LogP contribution in [0.5, 0.6) is 0 Å². The lowest BCUT2D eigenvalue weighted by molar-refractivity contribution is 0.0941. The van der Waals surface area contributed by atoms with E-state index >= 15 is 0 Å². The second-order valence-corrected chi connectivity index (χ2v) is 6.77. The van der Waals surface area contributed by atoms with Gasteiger partial charge in [-0.25, -0.2) is 4.98 Å². The molecule has 0 saturated carbocycles. The van der Waals surface area contributed by atoms with Crippen LogP contribution in [0.4, 0.5) is 0 Å². The quantitative estimate of drug-likeness (QED) is 0.557. The number of nitrogens with one attached hydrogen (secondary N) is 2. The molecule has 134 valence electrons. The Labute approximate surface area is 158 Å². The molecule has 2 N–H and O–H groups in total. The summed E-state index contributed by atoms with van der Waals surface area (Å²) in [4.78, 5) is 21.0. The molecule has 1 atom stereocenters. The van der Waals surface area contributed by atoms with Crippen LogP contribution in [0.3, 0.4) is 0 Å². The van der Waals surface area contributed by atoms with Crippen molar-refractivity contribution in [2.24, 2.45) is 0 Å². The molecule has 0 bridgehead atoms. The summed E-state index contributed by atoms with van der Waals surface area (Å²) in [5.74, 6) is 0.613. The minimum Gasteiger partial charge on any atom is -0.340 e. The van der Waals surface area contributed by atoms with Crippen molar-refractivity contribution in [3.05, 3.63) is 101 Å². The van der Waals surface area contributed by atoms with E-state index in [1.54, 1.807) is 0 Å². The zero-order valence-electron chi connectivity index (χ0n) is 15.4. The Morgan fingerprint density at radius 1 is 0.963 bits per heavy atom. The van der Waals surface area contributed by atoms with Crippen LogP contribution in [0.2, 0.25) is 0 Å². The molecule has 0 fully saturated rings. The van der Waals surface area contributed by atoms with E-state index in [0.29, 0.717) is 5.56 Å². The number of nitrogens with zero attached hydrogens (tertiary/aromatic N) is 1. The number of rotatable bonds is 4. The van der Waals surface area contributed by atoms with E-state index in [9.17, 15) is 4.79 Å². The van der Waals surface area contributed by atoms with E-state index in [1.807, 2.05) is 73.7 Å². The van der Waals surface area contributed by atoms with Crippen LogP contribution in [0.25, 0.3) is 11.0 Å². The number of carbonyl (C=O) groups is 1. The van der Waals surface area contributed by atoms with E-state index < -0.39 is 0 Å². The van der Waals surface area contributed by atoms with Gasteiger partial charge in [-0.05, 0) is 48.7 Å². The van der Waals surface area contributed by atoms with Crippen LogP contribution in [-0.4, -0.2) is 15.9 Å². The number of fused-ring (bicyclic) bond motifs is 1. The number of aryl methyl sites for hydroxylation is 2. The van der Waals surface area contributed by atoms with E-state index in [-0.39, 0.29) is 11.9 Å². The zero-order chi connectivity index (χ0) is 18.8. The molecular weight excluding hydrogens is 334 g/mol. The maximum atomic E-state index is 12.9. The van der Waals surface area contributed by atoms with Crippen molar-refractivity contribution in [3.63, 3.8) is 0 Å². The topological polar surface area (TPSA) is 57.8 Å². The van der Waals surface area contributed by atoms with E-state index in [1.165, 1.54) is 0 Å². The minimum absolute atomic E-state index is 0.112. The van der Waals surface area contributed by atoms with Gasteiger partial charge >= 0.3 is 0 Å². The number of carbonyl (C=O) groups excluding carboxylic acids is 1. The third-order valence-corrected chi connectivity index (χ3v) is 4.73. The molecule has 27 heavy (non-hydrogen) atoms. The predicted octanol–water partition coefficient (Wildman–Crippen LogP) is 4.70. The Kier molecular flexibility index (Phi) is 4.47. The summed E-state index contributed by atoms with van der Waals surface area (Å²) in [6.07, 6.45) is 0. The lowest BCUT2D eigenvalue weighted by Gasteiger charge is -2.18. The minimum atomic E-state index is -0.356. The number of amides is 1. The van der Waals surface area contributed by atoms with Gasteiger partial charge in [-0.1, -0.05) is 54.6 Å². The average molecular weight is 355 g/mol. The second kappa shape index (κ2) is 7.08. The lowest BCUT2D eigenvalue weighted by Crippen LogP contribution is -2.30. The number of imidazole rings is 1. The first-order chi connectivity index (χ1) is 13.1. The van der Waals surface area contributed by atoms with Crippen LogP contribution in [0.15, 0.2) is 72.8 Å². The molecular formula is C23H21N3O. The first-order valence-corrected chi connectivity index (χ1v) is 8.99. The predicted molar refractivity (Wildman–Crippen MR) is 108 cm³/mol. The Hall–Kier alpha value is -3.40. The first-order valence-electron chi connectivity index (χ1n) is 8.99. The van der Waals surface area contributed by atoms with E-state index in [2.05, 4.69) is 23.3 Å².